The van der Waals surface area contributed by atoms with E-state index >= 15 is 0 Å². The van der Waals surface area contributed by atoms with Crippen LogP contribution in [0.3, 0.4) is 0 Å². The molecule has 3 aromatic rings. The summed E-state index contributed by atoms with van der Waals surface area (Å²) in [4.78, 5) is 30.7. The molecule has 10 heteroatoms. The summed E-state index contributed by atoms with van der Waals surface area (Å²) < 4.78 is 0. The maximum absolute atomic E-state index is 12.5. The Morgan fingerprint density at radius 3 is 2.68 bits per heavy atom. The minimum absolute atomic E-state index is 0. The van der Waals surface area contributed by atoms with Crippen molar-refractivity contribution in [3.63, 3.8) is 0 Å². The number of nitrogens with zero attached hydrogens (tertiary/aromatic N) is 4. The third kappa shape index (κ3) is 6.33. The van der Waals surface area contributed by atoms with Gasteiger partial charge in [-0.15, -0.1) is 24.8 Å². The van der Waals surface area contributed by atoms with E-state index in [2.05, 4.69) is 25.6 Å². The van der Waals surface area contributed by atoms with Crippen LogP contribution in [-0.4, -0.2) is 45.3 Å². The summed E-state index contributed by atoms with van der Waals surface area (Å²) in [5.41, 5.74) is 8.79. The molecule has 2 aromatic heterocycles. The van der Waals surface area contributed by atoms with Crippen LogP contribution in [0.25, 0.3) is 10.9 Å². The predicted molar refractivity (Wildman–Crippen MR) is 141 cm³/mol. The fraction of sp³-hybridized carbons (Fsp3) is 0.375. The molecule has 2 atom stereocenters. The molecule has 4 N–H and O–H groups in total. The van der Waals surface area contributed by atoms with Gasteiger partial charge in [-0.05, 0) is 51.0 Å². The number of amidine groups is 1. The summed E-state index contributed by atoms with van der Waals surface area (Å²) in [5, 5.41) is 7.26. The Morgan fingerprint density at radius 1 is 1.15 bits per heavy atom. The first kappa shape index (κ1) is 27.3. The zero-order valence-corrected chi connectivity index (χ0v) is 21.0. The molecule has 2 heterocycles. The molecule has 1 amide bonds. The molecule has 0 saturated heterocycles. The quantitative estimate of drug-likeness (QED) is 0.344. The third-order valence-corrected chi connectivity index (χ3v) is 5.68. The lowest BCUT2D eigenvalue weighted by molar-refractivity contribution is 0.0946. The number of anilines is 1. The Morgan fingerprint density at radius 2 is 1.94 bits per heavy atom. The fourth-order valence-electron chi connectivity index (χ4n) is 4.06. The SMILES string of the molecule is CCNC(=O)c1nc(N[C@H]2CCCC[C@H]2N=C(N)c2ccccn2)c2cc(C)ccc2n1.Cl.Cl. The van der Waals surface area contributed by atoms with Gasteiger partial charge in [0.15, 0.2) is 0 Å². The number of amides is 1. The molecule has 1 aromatic carbocycles. The van der Waals surface area contributed by atoms with Crippen LogP contribution in [0.15, 0.2) is 47.6 Å². The van der Waals surface area contributed by atoms with E-state index in [1.807, 2.05) is 50.2 Å². The number of benzene rings is 1. The largest absolute Gasteiger partial charge is 0.382 e. The zero-order valence-electron chi connectivity index (χ0n) is 19.3. The number of aromatic nitrogens is 3. The number of nitrogens with two attached hydrogens (primary N) is 1. The molecule has 0 aliphatic heterocycles. The Bertz CT molecular complexity index is 1140. The number of hydrogen-bond donors (Lipinski definition) is 3. The topological polar surface area (TPSA) is 118 Å². The van der Waals surface area contributed by atoms with E-state index in [-0.39, 0.29) is 48.6 Å². The number of carbonyl (C=O) groups is 1. The Hall–Kier alpha value is -2.97. The summed E-state index contributed by atoms with van der Waals surface area (Å²) in [6.45, 7) is 4.42. The van der Waals surface area contributed by atoms with Crippen molar-refractivity contribution < 1.29 is 4.79 Å². The van der Waals surface area contributed by atoms with Gasteiger partial charge in [-0.3, -0.25) is 14.8 Å². The van der Waals surface area contributed by atoms with Gasteiger partial charge in [0.2, 0.25) is 5.82 Å². The molecule has 1 aliphatic carbocycles. The van der Waals surface area contributed by atoms with E-state index in [0.29, 0.717) is 23.9 Å². The maximum Gasteiger partial charge on any atom is 0.289 e. The summed E-state index contributed by atoms with van der Waals surface area (Å²) in [7, 11) is 0. The van der Waals surface area contributed by atoms with Gasteiger partial charge in [-0.25, -0.2) is 9.97 Å². The summed E-state index contributed by atoms with van der Waals surface area (Å²) in [5.74, 6) is 0.976. The maximum atomic E-state index is 12.5. The second-order valence-electron chi connectivity index (χ2n) is 8.11. The number of hydrogen-bond acceptors (Lipinski definition) is 6. The first-order chi connectivity index (χ1) is 15.5. The van der Waals surface area contributed by atoms with Gasteiger partial charge in [0.25, 0.3) is 5.91 Å². The van der Waals surface area contributed by atoms with Crippen molar-refractivity contribution in [3.8, 4) is 0 Å². The molecule has 1 fully saturated rings. The van der Waals surface area contributed by atoms with Crippen LogP contribution in [-0.2, 0) is 0 Å². The second kappa shape index (κ2) is 12.5. The first-order valence-electron chi connectivity index (χ1n) is 11.1. The van der Waals surface area contributed by atoms with Crippen molar-refractivity contribution in [1.82, 2.24) is 20.3 Å². The zero-order chi connectivity index (χ0) is 22.5. The average molecular weight is 504 g/mol. The number of pyridine rings is 1. The molecule has 182 valence electrons. The minimum atomic E-state index is -0.282. The van der Waals surface area contributed by atoms with Gasteiger partial charge in [0.05, 0.1) is 11.6 Å². The number of rotatable bonds is 6. The molecule has 0 unspecified atom stereocenters. The average Bonchev–Trinajstić information content (AvgIpc) is 2.81. The first-order valence-corrected chi connectivity index (χ1v) is 11.1. The summed E-state index contributed by atoms with van der Waals surface area (Å²) >= 11 is 0. The third-order valence-electron chi connectivity index (χ3n) is 5.68. The highest BCUT2D eigenvalue weighted by Gasteiger charge is 2.27. The van der Waals surface area contributed by atoms with Gasteiger partial charge in [-0.2, -0.15) is 0 Å². The fourth-order valence-corrected chi connectivity index (χ4v) is 4.06. The second-order valence-corrected chi connectivity index (χ2v) is 8.11. The lowest BCUT2D eigenvalue weighted by Gasteiger charge is -2.30. The lowest BCUT2D eigenvalue weighted by Crippen LogP contribution is -2.37. The number of fused-ring (bicyclic) bond motifs is 1. The van der Waals surface area contributed by atoms with E-state index in [9.17, 15) is 4.79 Å². The van der Waals surface area contributed by atoms with E-state index in [1.165, 1.54) is 0 Å². The molecule has 8 nitrogen and oxygen atoms in total. The highest BCUT2D eigenvalue weighted by atomic mass is 35.5. The van der Waals surface area contributed by atoms with E-state index < -0.39 is 0 Å². The Balaban J connectivity index is 0.00000204. The molecular weight excluding hydrogens is 473 g/mol. The van der Waals surface area contributed by atoms with Gasteiger partial charge < -0.3 is 16.4 Å². The van der Waals surface area contributed by atoms with Crippen LogP contribution in [0.4, 0.5) is 5.82 Å². The molecule has 0 spiro atoms. The van der Waals surface area contributed by atoms with Gasteiger partial charge in [-0.1, -0.05) is 30.5 Å². The van der Waals surface area contributed by atoms with Crippen LogP contribution < -0.4 is 16.4 Å². The number of carbonyl (C=O) groups excluding carboxylic acids is 1. The van der Waals surface area contributed by atoms with Crippen LogP contribution in [0.5, 0.6) is 0 Å². The highest BCUT2D eigenvalue weighted by Crippen LogP contribution is 2.28. The standard InChI is InChI=1S/C24H29N7O.2ClH/c1-3-26-24(32)23-29-17-12-11-15(2)14-16(17)22(31-23)30-19-9-5-4-8-18(19)28-21(25)20-10-6-7-13-27-20;;/h6-7,10-14,18-19H,3-5,8-9H2,1-2H3,(H2,25,28)(H,26,32)(H,29,30,31);2*1H/t18-,19+;;/m1../s1. The van der Waals surface area contributed by atoms with Crippen LogP contribution >= 0.6 is 24.8 Å². The molecule has 0 bridgehead atoms. The normalized spacial score (nSPS) is 17.9. The number of aliphatic imine (C=N–C) groups is 1. The number of halogens is 2. The monoisotopic (exact) mass is 503 g/mol. The van der Waals surface area contributed by atoms with Crippen LogP contribution in [0.1, 0.15) is 54.5 Å². The van der Waals surface area contributed by atoms with E-state index in [1.54, 1.807) is 6.20 Å². The molecular formula is C24H31Cl2N7O. The van der Waals surface area contributed by atoms with Crippen molar-refractivity contribution in [2.45, 2.75) is 51.6 Å². The molecule has 1 saturated carbocycles. The highest BCUT2D eigenvalue weighted by molar-refractivity contribution is 5.97. The molecule has 34 heavy (non-hydrogen) atoms. The lowest BCUT2D eigenvalue weighted by atomic mass is 9.90. The minimum Gasteiger partial charge on any atom is -0.382 e. The predicted octanol–water partition coefficient (Wildman–Crippen LogP) is 4.06. The molecule has 4 rings (SSSR count). The van der Waals surface area contributed by atoms with E-state index in [4.69, 9.17) is 10.7 Å². The van der Waals surface area contributed by atoms with Crippen molar-refractivity contribution in [2.24, 2.45) is 10.7 Å². The van der Waals surface area contributed by atoms with Crippen molar-refractivity contribution >= 4 is 53.3 Å². The van der Waals surface area contributed by atoms with Crippen LogP contribution in [0.2, 0.25) is 0 Å². The van der Waals surface area contributed by atoms with E-state index in [0.717, 1.165) is 42.1 Å². The Labute approximate surface area is 212 Å². The van der Waals surface area contributed by atoms with Gasteiger partial charge >= 0.3 is 0 Å². The molecule has 0 radical (unpaired) electrons. The summed E-state index contributed by atoms with van der Waals surface area (Å²) in [6, 6.07) is 11.6. The van der Waals surface area contributed by atoms with Gasteiger partial charge in [0.1, 0.15) is 17.3 Å². The van der Waals surface area contributed by atoms with Crippen molar-refractivity contribution in [3.05, 3.63) is 59.7 Å². The summed E-state index contributed by atoms with van der Waals surface area (Å²) in [6.07, 6.45) is 5.77. The number of nitrogens with one attached hydrogen (secondary N) is 2. The van der Waals surface area contributed by atoms with Gasteiger partial charge in [0, 0.05) is 24.2 Å². The van der Waals surface area contributed by atoms with Crippen LogP contribution in [0, 0.1) is 6.92 Å². The smallest absolute Gasteiger partial charge is 0.289 e. The number of aryl methyl sites for hydroxylation is 1. The molecule has 1 aliphatic rings. The van der Waals surface area contributed by atoms with Crippen molar-refractivity contribution in [1.29, 1.82) is 0 Å². The van der Waals surface area contributed by atoms with Crippen molar-refractivity contribution in [2.75, 3.05) is 11.9 Å². The Kier molecular flexibility index (Phi) is 10.0.